The Hall–Kier alpha value is -4.61. The Balaban J connectivity index is 4.46. The van der Waals surface area contributed by atoms with Gasteiger partial charge in [0.25, 0.3) is 0 Å². The lowest BCUT2D eigenvalue weighted by atomic mass is 10.2. The molecule has 236 valence electrons. The minimum Gasteiger partial charge on any atom is -0.346 e. The Morgan fingerprint density at radius 2 is 0.857 bits per heavy atom. The SMILES string of the molecule is C[C@H](N)C(=O)N[C@@H](C)C(=O)NCC(=O)NCC(=O)N[C@@H](C)C(=O)N[C@@H](C)C(=O)N[C@@H](C)C(=O)NCC(=O)N[C@@H](C)C=O. The fourth-order valence-corrected chi connectivity index (χ4v) is 2.80. The van der Waals surface area contributed by atoms with Crippen molar-refractivity contribution in [1.82, 2.24) is 42.5 Å². The molecule has 0 heterocycles. The summed E-state index contributed by atoms with van der Waals surface area (Å²) in [7, 11) is 0. The van der Waals surface area contributed by atoms with Crippen molar-refractivity contribution in [3.05, 3.63) is 0 Å². The molecule has 42 heavy (non-hydrogen) atoms. The third-order valence-corrected chi connectivity index (χ3v) is 5.33. The number of aldehydes is 1. The van der Waals surface area contributed by atoms with Gasteiger partial charge >= 0.3 is 0 Å². The van der Waals surface area contributed by atoms with Gasteiger partial charge in [0.05, 0.1) is 31.7 Å². The van der Waals surface area contributed by atoms with E-state index >= 15 is 0 Å². The average molecular weight is 600 g/mol. The fourth-order valence-electron chi connectivity index (χ4n) is 2.80. The molecular formula is C24H41N9O9. The van der Waals surface area contributed by atoms with Crippen molar-refractivity contribution in [2.24, 2.45) is 5.73 Å². The van der Waals surface area contributed by atoms with Crippen LogP contribution in [0.15, 0.2) is 0 Å². The number of rotatable bonds is 17. The second-order valence-corrected chi connectivity index (χ2v) is 9.47. The summed E-state index contributed by atoms with van der Waals surface area (Å²) >= 11 is 0. The monoisotopic (exact) mass is 599 g/mol. The summed E-state index contributed by atoms with van der Waals surface area (Å²) in [5.74, 6) is -5.36. The van der Waals surface area contributed by atoms with Gasteiger partial charge in [0.1, 0.15) is 30.5 Å². The van der Waals surface area contributed by atoms with Gasteiger partial charge in [-0.15, -0.1) is 0 Å². The van der Waals surface area contributed by atoms with Crippen LogP contribution in [0, 0.1) is 0 Å². The first-order valence-electron chi connectivity index (χ1n) is 13.0. The molecule has 10 N–H and O–H groups in total. The van der Waals surface area contributed by atoms with E-state index in [0.717, 1.165) is 0 Å². The van der Waals surface area contributed by atoms with Gasteiger partial charge in [0, 0.05) is 0 Å². The smallest absolute Gasteiger partial charge is 0.242 e. The van der Waals surface area contributed by atoms with Crippen molar-refractivity contribution in [1.29, 1.82) is 0 Å². The molecule has 0 rings (SSSR count). The van der Waals surface area contributed by atoms with E-state index in [1.807, 2.05) is 0 Å². The number of carbonyl (C=O) groups is 9. The first kappa shape index (κ1) is 37.4. The molecule has 0 aromatic carbocycles. The van der Waals surface area contributed by atoms with Crippen molar-refractivity contribution < 1.29 is 43.2 Å². The zero-order valence-corrected chi connectivity index (χ0v) is 24.4. The quantitative estimate of drug-likeness (QED) is 0.0715. The molecule has 0 saturated carbocycles. The summed E-state index contributed by atoms with van der Waals surface area (Å²) in [6, 6.07) is -5.75. The molecule has 0 aromatic rings. The number of nitrogens with two attached hydrogens (primary N) is 1. The Morgan fingerprint density at radius 3 is 1.31 bits per heavy atom. The summed E-state index contributed by atoms with van der Waals surface area (Å²) in [5.41, 5.74) is 5.40. The lowest BCUT2D eigenvalue weighted by Crippen LogP contribution is -2.55. The summed E-state index contributed by atoms with van der Waals surface area (Å²) in [6.07, 6.45) is 0.518. The van der Waals surface area contributed by atoms with E-state index in [0.29, 0.717) is 6.29 Å². The molecule has 18 nitrogen and oxygen atoms in total. The third-order valence-electron chi connectivity index (χ3n) is 5.33. The highest BCUT2D eigenvalue weighted by Crippen LogP contribution is 1.91. The number of nitrogens with one attached hydrogen (secondary N) is 8. The van der Waals surface area contributed by atoms with E-state index in [-0.39, 0.29) is 0 Å². The maximum absolute atomic E-state index is 12.4. The lowest BCUT2D eigenvalue weighted by molar-refractivity contribution is -0.133. The first-order chi connectivity index (χ1) is 19.5. The highest BCUT2D eigenvalue weighted by atomic mass is 16.2. The zero-order chi connectivity index (χ0) is 32.6. The molecule has 6 atom stereocenters. The summed E-state index contributed by atoms with van der Waals surface area (Å²) < 4.78 is 0. The molecule has 18 heteroatoms. The van der Waals surface area contributed by atoms with Crippen LogP contribution in [0.1, 0.15) is 41.5 Å². The number of hydrogen-bond donors (Lipinski definition) is 9. The van der Waals surface area contributed by atoms with Crippen molar-refractivity contribution in [3.63, 3.8) is 0 Å². The Kier molecular flexibility index (Phi) is 16.6. The van der Waals surface area contributed by atoms with Crippen LogP contribution >= 0.6 is 0 Å². The van der Waals surface area contributed by atoms with Crippen LogP contribution in [0.25, 0.3) is 0 Å². The van der Waals surface area contributed by atoms with Crippen LogP contribution in [0.2, 0.25) is 0 Å². The molecule has 0 fully saturated rings. The van der Waals surface area contributed by atoms with Crippen LogP contribution in [0.5, 0.6) is 0 Å². The molecular weight excluding hydrogens is 558 g/mol. The largest absolute Gasteiger partial charge is 0.346 e. The summed E-state index contributed by atoms with van der Waals surface area (Å²) in [5, 5.41) is 18.6. The van der Waals surface area contributed by atoms with Gasteiger partial charge in [0.2, 0.25) is 47.3 Å². The molecule has 8 amide bonds. The molecule has 0 spiro atoms. The van der Waals surface area contributed by atoms with Crippen molar-refractivity contribution in [2.45, 2.75) is 77.8 Å². The van der Waals surface area contributed by atoms with E-state index in [1.54, 1.807) is 0 Å². The topological polar surface area (TPSA) is 276 Å². The molecule has 0 aromatic heterocycles. The molecule has 0 unspecified atom stereocenters. The van der Waals surface area contributed by atoms with Crippen LogP contribution in [0.3, 0.4) is 0 Å². The van der Waals surface area contributed by atoms with E-state index < -0.39 is 103 Å². The van der Waals surface area contributed by atoms with Crippen LogP contribution < -0.4 is 48.3 Å². The van der Waals surface area contributed by atoms with Crippen molar-refractivity contribution in [3.8, 4) is 0 Å². The predicted molar refractivity (Wildman–Crippen MR) is 147 cm³/mol. The fraction of sp³-hybridized carbons (Fsp3) is 0.625. The summed E-state index contributed by atoms with van der Waals surface area (Å²) in [4.78, 5) is 106. The van der Waals surface area contributed by atoms with E-state index in [2.05, 4.69) is 42.5 Å². The summed E-state index contributed by atoms with van der Waals surface area (Å²) in [6.45, 7) is 6.93. The number of amides is 8. The Morgan fingerprint density at radius 1 is 0.500 bits per heavy atom. The highest BCUT2D eigenvalue weighted by molar-refractivity contribution is 5.95. The van der Waals surface area contributed by atoms with Gasteiger partial charge in [-0.05, 0) is 41.5 Å². The van der Waals surface area contributed by atoms with Crippen LogP contribution in [-0.4, -0.2) is 109 Å². The Bertz CT molecular complexity index is 1030. The Labute approximate surface area is 242 Å². The number of hydrogen-bond acceptors (Lipinski definition) is 10. The van der Waals surface area contributed by atoms with Crippen LogP contribution in [0.4, 0.5) is 0 Å². The van der Waals surface area contributed by atoms with Gasteiger partial charge in [-0.25, -0.2) is 0 Å². The second kappa shape index (κ2) is 18.7. The van der Waals surface area contributed by atoms with Gasteiger partial charge < -0.3 is 53.1 Å². The average Bonchev–Trinajstić information content (AvgIpc) is 2.92. The van der Waals surface area contributed by atoms with Gasteiger partial charge in [-0.1, -0.05) is 0 Å². The van der Waals surface area contributed by atoms with Crippen molar-refractivity contribution >= 4 is 53.5 Å². The van der Waals surface area contributed by atoms with Gasteiger partial charge in [-0.3, -0.25) is 38.4 Å². The molecule has 0 aliphatic heterocycles. The maximum atomic E-state index is 12.4. The standard InChI is InChI=1S/C24H41N9O9/c1-11(10-34)29-18(36)9-28-22(40)14(4)32-24(42)16(6)33-23(41)15(5)30-19(37)8-26-17(35)7-27-21(39)13(3)31-20(38)12(2)25/h10-16H,7-9,25H2,1-6H3,(H,26,35)(H,27,39)(H,28,40)(H,29,36)(H,30,37)(H,31,38)(H,32,42)(H,33,41)/t11-,12-,13-,14-,15-,16-/m0/s1. The molecule has 0 aliphatic rings. The molecule has 0 bridgehead atoms. The van der Waals surface area contributed by atoms with Gasteiger partial charge in [0.15, 0.2) is 0 Å². The number of carbonyl (C=O) groups excluding carboxylic acids is 9. The minimum absolute atomic E-state index is 0.413. The van der Waals surface area contributed by atoms with Crippen molar-refractivity contribution in [2.75, 3.05) is 19.6 Å². The maximum Gasteiger partial charge on any atom is 0.242 e. The van der Waals surface area contributed by atoms with E-state index in [4.69, 9.17) is 5.73 Å². The predicted octanol–water partition coefficient (Wildman–Crippen LogP) is -5.60. The third kappa shape index (κ3) is 15.2. The molecule has 0 aliphatic carbocycles. The van der Waals surface area contributed by atoms with Gasteiger partial charge in [-0.2, -0.15) is 0 Å². The van der Waals surface area contributed by atoms with E-state index in [9.17, 15) is 43.2 Å². The molecule has 0 saturated heterocycles. The minimum atomic E-state index is -1.10. The van der Waals surface area contributed by atoms with Crippen LogP contribution in [-0.2, 0) is 43.2 Å². The first-order valence-corrected chi connectivity index (χ1v) is 13.0. The highest BCUT2D eigenvalue weighted by Gasteiger charge is 2.24. The normalized spacial score (nSPS) is 14.6. The lowest BCUT2D eigenvalue weighted by Gasteiger charge is -2.20. The molecule has 0 radical (unpaired) electrons. The second-order valence-electron chi connectivity index (χ2n) is 9.47. The van der Waals surface area contributed by atoms with E-state index in [1.165, 1.54) is 41.5 Å². The zero-order valence-electron chi connectivity index (χ0n) is 24.4.